The molecule has 0 heterocycles. The summed E-state index contributed by atoms with van der Waals surface area (Å²) in [4.78, 5) is 0. The minimum atomic E-state index is -0.808. The lowest BCUT2D eigenvalue weighted by Crippen LogP contribution is -2.37. The number of benzene rings is 1. The fourth-order valence-electron chi connectivity index (χ4n) is 2.30. The van der Waals surface area contributed by atoms with Gasteiger partial charge in [-0.3, -0.25) is 0 Å². The maximum absolute atomic E-state index is 10.2. The number of aliphatic hydroxyl groups is 1. The monoisotopic (exact) mass is 263 g/mol. The van der Waals surface area contributed by atoms with Crippen LogP contribution in [0.15, 0.2) is 18.2 Å². The molecular formula is C16H25NO2. The molecule has 0 spiro atoms. The highest BCUT2D eigenvalue weighted by molar-refractivity contribution is 5.39. The fraction of sp³-hybridized carbons (Fsp3) is 0.625. The average Bonchev–Trinajstić information content (AvgIpc) is 2.37. The van der Waals surface area contributed by atoms with Gasteiger partial charge < -0.3 is 15.6 Å². The van der Waals surface area contributed by atoms with Crippen molar-refractivity contribution in [2.24, 2.45) is 11.7 Å². The minimum absolute atomic E-state index is 0.123. The summed E-state index contributed by atoms with van der Waals surface area (Å²) in [5, 5.41) is 10.2. The fourth-order valence-corrected chi connectivity index (χ4v) is 2.30. The quantitative estimate of drug-likeness (QED) is 0.878. The van der Waals surface area contributed by atoms with Crippen LogP contribution in [0.3, 0.4) is 0 Å². The zero-order chi connectivity index (χ0) is 14.0. The van der Waals surface area contributed by atoms with Crippen molar-refractivity contribution < 1.29 is 9.84 Å². The molecule has 3 N–H and O–H groups in total. The Bertz CT molecular complexity index is 440. The normalized spacial score (nSPS) is 21.9. The van der Waals surface area contributed by atoms with Gasteiger partial charge in [-0.15, -0.1) is 0 Å². The van der Waals surface area contributed by atoms with E-state index in [-0.39, 0.29) is 12.0 Å². The number of fused-ring (bicyclic) bond motifs is 1. The third-order valence-corrected chi connectivity index (χ3v) is 4.25. The molecular weight excluding hydrogens is 238 g/mol. The zero-order valence-corrected chi connectivity index (χ0v) is 12.1. The van der Waals surface area contributed by atoms with E-state index in [9.17, 15) is 5.11 Å². The Labute approximate surface area is 115 Å². The predicted octanol–water partition coefficient (Wildman–Crippen LogP) is 2.81. The maximum atomic E-state index is 10.2. The van der Waals surface area contributed by atoms with Crippen LogP contribution in [-0.2, 0) is 6.42 Å². The van der Waals surface area contributed by atoms with Gasteiger partial charge in [0.25, 0.3) is 0 Å². The predicted molar refractivity (Wildman–Crippen MR) is 77.3 cm³/mol. The molecule has 0 bridgehead atoms. The highest BCUT2D eigenvalue weighted by atomic mass is 16.5. The molecule has 0 aliphatic heterocycles. The van der Waals surface area contributed by atoms with Crippen molar-refractivity contribution >= 4 is 0 Å². The van der Waals surface area contributed by atoms with Crippen LogP contribution in [0.4, 0.5) is 0 Å². The third-order valence-electron chi connectivity index (χ3n) is 4.25. The first kappa shape index (κ1) is 14.4. The summed E-state index contributed by atoms with van der Waals surface area (Å²) in [6, 6.07) is 6.24. The van der Waals surface area contributed by atoms with Gasteiger partial charge in [-0.1, -0.05) is 19.9 Å². The molecule has 3 heteroatoms. The minimum Gasteiger partial charge on any atom is -0.491 e. The third kappa shape index (κ3) is 3.28. The van der Waals surface area contributed by atoms with Crippen LogP contribution in [0.25, 0.3) is 0 Å². The van der Waals surface area contributed by atoms with Crippen molar-refractivity contribution in [1.82, 2.24) is 0 Å². The summed E-state index contributed by atoms with van der Waals surface area (Å²) in [6.45, 7) is 6.10. The summed E-state index contributed by atoms with van der Waals surface area (Å²) in [5.41, 5.74) is 7.87. The zero-order valence-electron chi connectivity index (χ0n) is 12.1. The van der Waals surface area contributed by atoms with Crippen LogP contribution >= 0.6 is 0 Å². The highest BCUT2D eigenvalue weighted by Crippen LogP contribution is 2.31. The lowest BCUT2D eigenvalue weighted by molar-refractivity contribution is -0.0266. The molecule has 0 amide bonds. The van der Waals surface area contributed by atoms with Gasteiger partial charge in [-0.25, -0.2) is 0 Å². The van der Waals surface area contributed by atoms with Gasteiger partial charge in [0.05, 0.1) is 5.60 Å². The molecule has 106 valence electrons. The molecule has 0 saturated carbocycles. The van der Waals surface area contributed by atoms with Gasteiger partial charge in [0.1, 0.15) is 12.4 Å². The van der Waals surface area contributed by atoms with Crippen molar-refractivity contribution in [2.75, 3.05) is 6.61 Å². The molecule has 2 rings (SSSR count). The summed E-state index contributed by atoms with van der Waals surface area (Å²) in [5.74, 6) is 0.962. The summed E-state index contributed by atoms with van der Waals surface area (Å²) in [6.07, 6.45) is 3.31. The van der Waals surface area contributed by atoms with Crippen molar-refractivity contribution in [2.45, 2.75) is 51.7 Å². The van der Waals surface area contributed by atoms with E-state index < -0.39 is 5.60 Å². The number of aryl methyl sites for hydroxylation is 1. The standard InChI is InChI=1S/C16H25NO2/c1-11(2)16(3,18)10-19-13-8-7-12-5-4-6-15(17)14(12)9-13/h7-9,11,15,18H,4-6,10,17H2,1-3H3/t15-,16?/m0/s1. The van der Waals surface area contributed by atoms with E-state index in [1.807, 2.05) is 32.9 Å². The highest BCUT2D eigenvalue weighted by Gasteiger charge is 2.26. The second-order valence-electron chi connectivity index (χ2n) is 6.16. The Hall–Kier alpha value is -1.06. The van der Waals surface area contributed by atoms with Gasteiger partial charge in [0.2, 0.25) is 0 Å². The number of hydrogen-bond donors (Lipinski definition) is 2. The van der Waals surface area contributed by atoms with Crippen molar-refractivity contribution in [3.05, 3.63) is 29.3 Å². The van der Waals surface area contributed by atoms with Crippen LogP contribution in [-0.4, -0.2) is 17.3 Å². The van der Waals surface area contributed by atoms with E-state index in [0.717, 1.165) is 25.0 Å². The van der Waals surface area contributed by atoms with E-state index in [2.05, 4.69) is 6.07 Å². The molecule has 19 heavy (non-hydrogen) atoms. The molecule has 3 nitrogen and oxygen atoms in total. The van der Waals surface area contributed by atoms with E-state index in [4.69, 9.17) is 10.5 Å². The summed E-state index contributed by atoms with van der Waals surface area (Å²) >= 11 is 0. The molecule has 1 aliphatic carbocycles. The number of rotatable bonds is 4. The molecule has 0 radical (unpaired) electrons. The first-order valence-corrected chi connectivity index (χ1v) is 7.14. The van der Waals surface area contributed by atoms with E-state index >= 15 is 0 Å². The molecule has 0 aromatic heterocycles. The van der Waals surface area contributed by atoms with Crippen molar-refractivity contribution in [1.29, 1.82) is 0 Å². The second kappa shape index (κ2) is 5.51. The number of nitrogens with two attached hydrogens (primary N) is 1. The van der Waals surface area contributed by atoms with Gasteiger partial charge in [-0.05, 0) is 55.4 Å². The topological polar surface area (TPSA) is 55.5 Å². The maximum Gasteiger partial charge on any atom is 0.119 e. The first-order chi connectivity index (χ1) is 8.90. The largest absolute Gasteiger partial charge is 0.491 e. The van der Waals surface area contributed by atoms with Gasteiger partial charge >= 0.3 is 0 Å². The number of ether oxygens (including phenoxy) is 1. The van der Waals surface area contributed by atoms with Gasteiger partial charge in [-0.2, -0.15) is 0 Å². The van der Waals surface area contributed by atoms with Crippen molar-refractivity contribution in [3.63, 3.8) is 0 Å². The molecule has 1 aliphatic rings. The molecule has 1 aromatic carbocycles. The van der Waals surface area contributed by atoms with Gasteiger partial charge in [0.15, 0.2) is 0 Å². The average molecular weight is 263 g/mol. The smallest absolute Gasteiger partial charge is 0.119 e. The van der Waals surface area contributed by atoms with Crippen molar-refractivity contribution in [3.8, 4) is 5.75 Å². The Balaban J connectivity index is 2.08. The van der Waals surface area contributed by atoms with Crippen LogP contribution in [0.2, 0.25) is 0 Å². The number of hydrogen-bond acceptors (Lipinski definition) is 3. The van der Waals surface area contributed by atoms with Gasteiger partial charge in [0, 0.05) is 6.04 Å². The lowest BCUT2D eigenvalue weighted by Gasteiger charge is -2.28. The van der Waals surface area contributed by atoms with E-state index in [0.29, 0.717) is 6.61 Å². The molecule has 0 saturated heterocycles. The lowest BCUT2D eigenvalue weighted by atomic mass is 9.88. The van der Waals surface area contributed by atoms with Crippen LogP contribution in [0, 0.1) is 5.92 Å². The molecule has 1 aromatic rings. The Morgan fingerprint density at radius 2 is 2.21 bits per heavy atom. The van der Waals surface area contributed by atoms with Crippen LogP contribution < -0.4 is 10.5 Å². The molecule has 2 atom stereocenters. The van der Waals surface area contributed by atoms with Crippen LogP contribution in [0.5, 0.6) is 5.75 Å². The Morgan fingerprint density at radius 1 is 1.47 bits per heavy atom. The summed E-state index contributed by atoms with van der Waals surface area (Å²) in [7, 11) is 0. The Morgan fingerprint density at radius 3 is 2.89 bits per heavy atom. The molecule has 0 fully saturated rings. The molecule has 1 unspecified atom stereocenters. The van der Waals surface area contributed by atoms with Crippen LogP contribution in [0.1, 0.15) is 50.8 Å². The van der Waals surface area contributed by atoms with E-state index in [1.54, 1.807) is 0 Å². The second-order valence-corrected chi connectivity index (χ2v) is 6.16. The Kier molecular flexibility index (Phi) is 4.16. The first-order valence-electron chi connectivity index (χ1n) is 7.14. The van der Waals surface area contributed by atoms with E-state index in [1.165, 1.54) is 11.1 Å². The SMILES string of the molecule is CC(C)C(C)(O)COc1ccc2c(c1)[C@@H](N)CCC2. The summed E-state index contributed by atoms with van der Waals surface area (Å²) < 4.78 is 5.74.